The molecule has 1 unspecified atom stereocenters. The van der Waals surface area contributed by atoms with Crippen molar-refractivity contribution in [2.45, 2.75) is 62.8 Å². The Morgan fingerprint density at radius 2 is 2.00 bits per heavy atom. The topological polar surface area (TPSA) is 111 Å². The highest BCUT2D eigenvalue weighted by molar-refractivity contribution is 5.73. The van der Waals surface area contributed by atoms with Gasteiger partial charge in [-0.15, -0.1) is 10.2 Å². The minimum absolute atomic E-state index is 0.0665. The summed E-state index contributed by atoms with van der Waals surface area (Å²) in [5, 5.41) is 17.7. The summed E-state index contributed by atoms with van der Waals surface area (Å²) in [7, 11) is 1.51. The fraction of sp³-hybridized carbons (Fsp3) is 0.632. The lowest BCUT2D eigenvalue weighted by atomic mass is 9.94. The van der Waals surface area contributed by atoms with Crippen LogP contribution >= 0.6 is 0 Å². The van der Waals surface area contributed by atoms with E-state index in [2.05, 4.69) is 20.1 Å². The van der Waals surface area contributed by atoms with Gasteiger partial charge in [-0.05, 0) is 32.1 Å². The van der Waals surface area contributed by atoms with Gasteiger partial charge in [0.2, 0.25) is 5.60 Å². The Hall–Kier alpha value is -2.56. The maximum Gasteiger partial charge on any atom is 0.426 e. The largest absolute Gasteiger partial charge is 0.493 e. The summed E-state index contributed by atoms with van der Waals surface area (Å²) in [6.07, 6.45) is -1.31. The number of ether oxygens (including phenoxy) is 1. The summed E-state index contributed by atoms with van der Waals surface area (Å²) in [4.78, 5) is 6.70. The SMILES string of the molecule is COc1cc(N)c2nc1N1CCC[C@H]1CCCCCC(O)(C(F)(F)F)c1nnc-2o1. The first-order valence-corrected chi connectivity index (χ1v) is 9.99. The van der Waals surface area contributed by atoms with Crippen LogP contribution in [0.15, 0.2) is 10.5 Å². The molecular formula is C19H24F3N5O3. The second kappa shape index (κ2) is 7.60. The Labute approximate surface area is 171 Å². The zero-order valence-electron chi connectivity index (χ0n) is 16.6. The maximum atomic E-state index is 13.7. The highest BCUT2D eigenvalue weighted by atomic mass is 19.4. The first-order valence-electron chi connectivity index (χ1n) is 9.99. The summed E-state index contributed by atoms with van der Waals surface area (Å²) < 4.78 is 51.8. The van der Waals surface area contributed by atoms with E-state index < -0.39 is 24.1 Å². The number of nitrogens with zero attached hydrogens (tertiary/aromatic N) is 4. The molecule has 2 aromatic rings. The lowest BCUT2D eigenvalue weighted by Crippen LogP contribution is -2.42. The van der Waals surface area contributed by atoms with Gasteiger partial charge in [0.15, 0.2) is 17.3 Å². The zero-order valence-corrected chi connectivity index (χ0v) is 16.6. The average Bonchev–Trinajstić information content (AvgIpc) is 3.35. The van der Waals surface area contributed by atoms with Gasteiger partial charge in [-0.25, -0.2) is 4.98 Å². The van der Waals surface area contributed by atoms with E-state index in [0.717, 1.165) is 32.2 Å². The van der Waals surface area contributed by atoms with E-state index in [1.807, 2.05) is 0 Å². The van der Waals surface area contributed by atoms with Crippen LogP contribution in [0.4, 0.5) is 24.7 Å². The van der Waals surface area contributed by atoms with E-state index in [-0.39, 0.29) is 29.7 Å². The molecule has 0 saturated carbocycles. The number of alkyl halides is 3. The number of aliphatic hydroxyl groups is 1. The first-order chi connectivity index (χ1) is 14.2. The number of nitrogens with two attached hydrogens (primary N) is 1. The summed E-state index contributed by atoms with van der Waals surface area (Å²) in [6, 6.07) is 1.75. The number of aromatic nitrogens is 3. The number of nitrogen functional groups attached to an aromatic ring is 1. The lowest BCUT2D eigenvalue weighted by molar-refractivity contribution is -0.277. The zero-order chi connectivity index (χ0) is 21.5. The van der Waals surface area contributed by atoms with Crippen LogP contribution < -0.4 is 15.4 Å². The molecule has 0 spiro atoms. The maximum absolute atomic E-state index is 13.7. The quantitative estimate of drug-likeness (QED) is 0.713. The highest BCUT2D eigenvalue weighted by Crippen LogP contribution is 2.44. The van der Waals surface area contributed by atoms with E-state index in [1.165, 1.54) is 7.11 Å². The molecule has 8 nitrogen and oxygen atoms in total. The standard InChI is InChI=1S/C19H24F3N5O3/c1-29-13-10-12(23)14-16-25-26-17(30-16)18(28,19(20,21)22)8-4-2-3-6-11-7-5-9-27(11)15(13)24-14/h10-11,28H,2-9,23H2,1H3/t11-,18?/m1/s1. The molecule has 11 heteroatoms. The third-order valence-corrected chi connectivity index (χ3v) is 5.89. The van der Waals surface area contributed by atoms with Crippen LogP contribution in [0.1, 0.15) is 50.8 Å². The van der Waals surface area contributed by atoms with E-state index in [9.17, 15) is 18.3 Å². The van der Waals surface area contributed by atoms with Crippen molar-refractivity contribution in [3.8, 4) is 17.3 Å². The molecule has 2 aromatic heterocycles. The molecule has 4 heterocycles. The van der Waals surface area contributed by atoms with Gasteiger partial charge >= 0.3 is 6.18 Å². The number of fused-ring (bicyclic) bond motifs is 7. The fourth-order valence-corrected chi connectivity index (χ4v) is 4.24. The smallest absolute Gasteiger partial charge is 0.426 e. The van der Waals surface area contributed by atoms with Crippen molar-refractivity contribution in [1.29, 1.82) is 0 Å². The van der Waals surface area contributed by atoms with Crippen molar-refractivity contribution in [2.75, 3.05) is 24.3 Å². The lowest BCUT2D eigenvalue weighted by Gasteiger charge is -2.29. The molecule has 30 heavy (non-hydrogen) atoms. The van der Waals surface area contributed by atoms with Crippen LogP contribution in [0.3, 0.4) is 0 Å². The molecule has 4 rings (SSSR count). The molecule has 2 atom stereocenters. The molecule has 0 aliphatic carbocycles. The Bertz CT molecular complexity index is 919. The van der Waals surface area contributed by atoms with Gasteiger partial charge in [0, 0.05) is 18.7 Å². The molecule has 0 amide bonds. The third-order valence-electron chi connectivity index (χ3n) is 5.89. The van der Waals surface area contributed by atoms with Crippen LogP contribution in [0.2, 0.25) is 0 Å². The van der Waals surface area contributed by atoms with Crippen LogP contribution in [-0.4, -0.2) is 46.2 Å². The van der Waals surface area contributed by atoms with Gasteiger partial charge in [0.25, 0.3) is 11.8 Å². The molecule has 0 aromatic carbocycles. The summed E-state index contributed by atoms with van der Waals surface area (Å²) in [5.41, 5.74) is 3.04. The molecular weight excluding hydrogens is 403 g/mol. The number of hydrogen-bond acceptors (Lipinski definition) is 8. The molecule has 3 N–H and O–H groups in total. The molecule has 2 aliphatic heterocycles. The molecule has 0 radical (unpaired) electrons. The van der Waals surface area contributed by atoms with Crippen LogP contribution in [0.5, 0.6) is 5.75 Å². The number of pyridine rings is 1. The normalized spacial score (nSPS) is 25.0. The number of methoxy groups -OCH3 is 1. The van der Waals surface area contributed by atoms with Crippen LogP contribution in [-0.2, 0) is 5.60 Å². The fourth-order valence-electron chi connectivity index (χ4n) is 4.24. The van der Waals surface area contributed by atoms with Crippen molar-refractivity contribution < 1.29 is 27.4 Å². The van der Waals surface area contributed by atoms with Crippen molar-refractivity contribution >= 4 is 11.5 Å². The monoisotopic (exact) mass is 427 g/mol. The van der Waals surface area contributed by atoms with Gasteiger partial charge in [-0.1, -0.05) is 12.8 Å². The molecule has 1 saturated heterocycles. The Balaban J connectivity index is 1.85. The van der Waals surface area contributed by atoms with Gasteiger partial charge in [-0.3, -0.25) is 0 Å². The van der Waals surface area contributed by atoms with E-state index in [4.69, 9.17) is 14.9 Å². The van der Waals surface area contributed by atoms with Crippen LogP contribution in [0.25, 0.3) is 11.6 Å². The second-order valence-corrected chi connectivity index (χ2v) is 7.81. The highest BCUT2D eigenvalue weighted by Gasteiger charge is 2.58. The summed E-state index contributed by atoms with van der Waals surface area (Å²) in [6.45, 7) is 0.792. The molecule has 2 aliphatic rings. The molecule has 164 valence electrons. The number of halogens is 3. The first kappa shape index (κ1) is 20.7. The van der Waals surface area contributed by atoms with Crippen molar-refractivity contribution in [3.05, 3.63) is 12.0 Å². The van der Waals surface area contributed by atoms with Gasteiger partial charge in [-0.2, -0.15) is 13.2 Å². The van der Waals surface area contributed by atoms with E-state index in [0.29, 0.717) is 18.0 Å². The Kier molecular flexibility index (Phi) is 5.25. The molecule has 1 fully saturated rings. The Morgan fingerprint density at radius 1 is 1.23 bits per heavy atom. The number of rotatable bonds is 1. The van der Waals surface area contributed by atoms with Gasteiger partial charge < -0.3 is 24.9 Å². The Morgan fingerprint density at radius 3 is 2.73 bits per heavy atom. The second-order valence-electron chi connectivity index (χ2n) is 7.81. The third kappa shape index (κ3) is 3.44. The van der Waals surface area contributed by atoms with Crippen molar-refractivity contribution in [2.24, 2.45) is 0 Å². The van der Waals surface area contributed by atoms with Gasteiger partial charge in [0.1, 0.15) is 0 Å². The minimum atomic E-state index is -4.96. The van der Waals surface area contributed by atoms with E-state index >= 15 is 0 Å². The van der Waals surface area contributed by atoms with Gasteiger partial charge in [0.05, 0.1) is 12.8 Å². The summed E-state index contributed by atoms with van der Waals surface area (Å²) >= 11 is 0. The minimum Gasteiger partial charge on any atom is -0.493 e. The van der Waals surface area contributed by atoms with E-state index in [1.54, 1.807) is 6.07 Å². The predicted molar refractivity (Wildman–Crippen MR) is 102 cm³/mol. The molecule has 4 bridgehead atoms. The van der Waals surface area contributed by atoms with Crippen molar-refractivity contribution in [3.63, 3.8) is 0 Å². The number of hydrogen-bond donors (Lipinski definition) is 2. The average molecular weight is 427 g/mol. The van der Waals surface area contributed by atoms with Crippen molar-refractivity contribution in [1.82, 2.24) is 15.2 Å². The van der Waals surface area contributed by atoms with Crippen LogP contribution in [0, 0.1) is 0 Å². The predicted octanol–water partition coefficient (Wildman–Crippen LogP) is 3.41. The number of anilines is 2. The summed E-state index contributed by atoms with van der Waals surface area (Å²) in [5.74, 6) is -0.157.